The van der Waals surface area contributed by atoms with E-state index in [9.17, 15) is 19.2 Å². The van der Waals surface area contributed by atoms with Crippen LogP contribution in [0.2, 0.25) is 0 Å². The summed E-state index contributed by atoms with van der Waals surface area (Å²) in [7, 11) is 0. The summed E-state index contributed by atoms with van der Waals surface area (Å²) >= 11 is 0. The molecule has 0 amide bonds. The van der Waals surface area contributed by atoms with Crippen LogP contribution in [0, 0.1) is 0 Å². The Morgan fingerprint density at radius 1 is 0.412 bits per heavy atom. The topological polar surface area (TPSA) is 105 Å². The Kier molecular flexibility index (Phi) is 22.5. The molecule has 0 bridgehead atoms. The van der Waals surface area contributed by atoms with E-state index < -0.39 is 24.2 Å². The quantitative estimate of drug-likeness (QED) is 0.0558. The molecule has 0 heterocycles. The lowest BCUT2D eigenvalue weighted by atomic mass is 10.1. The largest absolute Gasteiger partial charge is 0.558 e. The summed E-state index contributed by atoms with van der Waals surface area (Å²) in [5.74, 6) is -1.52. The first kappa shape index (κ1) is 31.9. The zero-order valence-corrected chi connectivity index (χ0v) is 21.4. The summed E-state index contributed by atoms with van der Waals surface area (Å²) < 4.78 is 8.79. The first-order valence-electron chi connectivity index (χ1n) is 13.3. The number of rotatable bonds is 20. The Labute approximate surface area is 205 Å². The van der Waals surface area contributed by atoms with Crippen LogP contribution in [0.3, 0.4) is 0 Å². The molecule has 0 aromatic heterocycles. The number of hydrogen-bond donors (Lipinski definition) is 0. The molecule has 198 valence electrons. The van der Waals surface area contributed by atoms with Crippen LogP contribution in [-0.2, 0) is 28.8 Å². The molecule has 0 N–H and O–H groups in total. The van der Waals surface area contributed by atoms with Gasteiger partial charge in [0.25, 0.3) is 0 Å². The minimum absolute atomic E-state index is 0.0760. The smallest absolute Gasteiger partial charge is 0.358 e. The van der Waals surface area contributed by atoms with E-state index >= 15 is 0 Å². The van der Waals surface area contributed by atoms with E-state index in [0.29, 0.717) is 12.8 Å². The van der Waals surface area contributed by atoms with Gasteiger partial charge in [0.15, 0.2) is 0 Å². The molecule has 8 nitrogen and oxygen atoms in total. The minimum Gasteiger partial charge on any atom is -0.358 e. The Morgan fingerprint density at radius 3 is 0.971 bits per heavy atom. The Balaban J connectivity index is 3.61. The molecule has 0 spiro atoms. The van der Waals surface area contributed by atoms with Crippen LogP contribution >= 0.6 is 0 Å². The van der Waals surface area contributed by atoms with Crippen LogP contribution in [0.5, 0.6) is 0 Å². The minimum atomic E-state index is -1.47. The van der Waals surface area contributed by atoms with Crippen molar-refractivity contribution in [3.63, 3.8) is 0 Å². The zero-order valence-electron chi connectivity index (χ0n) is 21.4. The van der Waals surface area contributed by atoms with E-state index in [0.717, 1.165) is 38.5 Å². The van der Waals surface area contributed by atoms with Crippen molar-refractivity contribution >= 4 is 24.2 Å². The predicted octanol–water partition coefficient (Wildman–Crippen LogP) is 8.10. The lowest BCUT2D eigenvalue weighted by Crippen LogP contribution is -2.19. The standard InChI is InChI=1S/C26H46O8/c1-3-5-7-9-11-13-15-17-19-21-23(27)31-25(29)33-34-26(30)32-24(28)22-20-18-16-14-12-10-8-6-4-2/h3-22H2,1-2H3. The van der Waals surface area contributed by atoms with E-state index in [-0.39, 0.29) is 12.8 Å². The van der Waals surface area contributed by atoms with Crippen molar-refractivity contribution in [3.8, 4) is 0 Å². The van der Waals surface area contributed by atoms with Crippen molar-refractivity contribution in [1.82, 2.24) is 0 Å². The fraction of sp³-hybridized carbons (Fsp3) is 0.846. The fourth-order valence-electron chi connectivity index (χ4n) is 3.55. The van der Waals surface area contributed by atoms with Gasteiger partial charge in [-0.25, -0.2) is 0 Å². The molecule has 0 aliphatic carbocycles. The molecule has 0 aromatic carbocycles. The van der Waals surface area contributed by atoms with Gasteiger partial charge in [-0.05, 0) is 12.8 Å². The summed E-state index contributed by atoms with van der Waals surface area (Å²) in [6.45, 7) is 4.38. The van der Waals surface area contributed by atoms with E-state index in [2.05, 4.69) is 33.1 Å². The molecule has 0 radical (unpaired) electrons. The molecule has 8 heteroatoms. The Bertz CT molecular complexity index is 499. The first-order chi connectivity index (χ1) is 16.5. The number of carbonyl (C=O) groups is 4. The fourth-order valence-corrected chi connectivity index (χ4v) is 3.55. The van der Waals surface area contributed by atoms with Gasteiger partial charge in [-0.15, -0.1) is 0 Å². The van der Waals surface area contributed by atoms with Crippen LogP contribution < -0.4 is 0 Å². The third-order valence-electron chi connectivity index (χ3n) is 5.54. The number of esters is 2. The molecule has 0 unspecified atom stereocenters. The highest BCUT2D eigenvalue weighted by atomic mass is 17.3. The number of carbonyl (C=O) groups excluding carboxylic acids is 4. The molecule has 0 fully saturated rings. The van der Waals surface area contributed by atoms with Crippen molar-refractivity contribution in [2.24, 2.45) is 0 Å². The number of hydrogen-bond acceptors (Lipinski definition) is 8. The Hall–Kier alpha value is -2.12. The highest BCUT2D eigenvalue weighted by Gasteiger charge is 2.18. The molecular formula is C26H46O8. The summed E-state index contributed by atoms with van der Waals surface area (Å²) in [6.07, 6.45) is 17.0. The van der Waals surface area contributed by atoms with Gasteiger partial charge in [0.1, 0.15) is 0 Å². The molecule has 0 aliphatic heterocycles. The van der Waals surface area contributed by atoms with Gasteiger partial charge in [0, 0.05) is 12.8 Å². The highest BCUT2D eigenvalue weighted by molar-refractivity contribution is 5.83. The molecule has 0 aromatic rings. The van der Waals surface area contributed by atoms with Crippen molar-refractivity contribution in [2.75, 3.05) is 0 Å². The van der Waals surface area contributed by atoms with Crippen molar-refractivity contribution in [2.45, 2.75) is 142 Å². The van der Waals surface area contributed by atoms with Gasteiger partial charge in [-0.1, -0.05) is 117 Å². The first-order valence-corrected chi connectivity index (χ1v) is 13.3. The van der Waals surface area contributed by atoms with Gasteiger partial charge in [-0.2, -0.15) is 19.4 Å². The summed E-state index contributed by atoms with van der Waals surface area (Å²) in [5, 5.41) is 0. The van der Waals surface area contributed by atoms with Gasteiger partial charge in [0.2, 0.25) is 0 Å². The molecule has 0 saturated carbocycles. The second-order valence-corrected chi connectivity index (χ2v) is 8.77. The maximum absolute atomic E-state index is 11.6. The summed E-state index contributed by atoms with van der Waals surface area (Å²) in [4.78, 5) is 54.1. The average molecular weight is 487 g/mol. The van der Waals surface area contributed by atoms with Crippen molar-refractivity contribution < 1.29 is 38.4 Å². The van der Waals surface area contributed by atoms with Crippen LogP contribution in [-0.4, -0.2) is 24.2 Å². The molecule has 0 saturated heterocycles. The highest BCUT2D eigenvalue weighted by Crippen LogP contribution is 2.12. The zero-order chi connectivity index (χ0) is 25.3. The molecule has 0 atom stereocenters. The van der Waals surface area contributed by atoms with E-state index in [1.54, 1.807) is 0 Å². The third kappa shape index (κ3) is 23.1. The van der Waals surface area contributed by atoms with Gasteiger partial charge in [-0.3, -0.25) is 9.59 Å². The lowest BCUT2D eigenvalue weighted by Gasteiger charge is -2.04. The van der Waals surface area contributed by atoms with Gasteiger partial charge < -0.3 is 9.47 Å². The summed E-state index contributed by atoms with van der Waals surface area (Å²) in [6, 6.07) is 0. The lowest BCUT2D eigenvalue weighted by molar-refractivity contribution is -0.218. The van der Waals surface area contributed by atoms with E-state index in [1.807, 2.05) is 0 Å². The number of ether oxygens (including phenoxy) is 2. The third-order valence-corrected chi connectivity index (χ3v) is 5.54. The number of unbranched alkanes of at least 4 members (excludes halogenated alkanes) is 16. The predicted molar refractivity (Wildman–Crippen MR) is 129 cm³/mol. The molecule has 0 aliphatic rings. The SMILES string of the molecule is CCCCCCCCCCCC(=O)OC(=O)OOC(=O)OC(=O)CCCCCCCCCCC. The van der Waals surface area contributed by atoms with E-state index in [1.165, 1.54) is 64.2 Å². The van der Waals surface area contributed by atoms with Gasteiger partial charge in [0.05, 0.1) is 0 Å². The van der Waals surface area contributed by atoms with Crippen molar-refractivity contribution in [1.29, 1.82) is 0 Å². The van der Waals surface area contributed by atoms with Crippen LogP contribution in [0.25, 0.3) is 0 Å². The second kappa shape index (κ2) is 24.0. The monoisotopic (exact) mass is 486 g/mol. The van der Waals surface area contributed by atoms with Gasteiger partial charge >= 0.3 is 24.2 Å². The average Bonchev–Trinajstić information content (AvgIpc) is 2.80. The van der Waals surface area contributed by atoms with Crippen molar-refractivity contribution in [3.05, 3.63) is 0 Å². The molecular weight excluding hydrogens is 440 g/mol. The summed E-state index contributed by atoms with van der Waals surface area (Å²) in [5.41, 5.74) is 0. The maximum Gasteiger partial charge on any atom is 0.558 e. The normalized spacial score (nSPS) is 10.5. The maximum atomic E-state index is 11.6. The van der Waals surface area contributed by atoms with E-state index in [4.69, 9.17) is 0 Å². The van der Waals surface area contributed by atoms with Crippen LogP contribution in [0.4, 0.5) is 9.59 Å². The molecule has 0 rings (SSSR count). The van der Waals surface area contributed by atoms with Crippen LogP contribution in [0.15, 0.2) is 0 Å². The van der Waals surface area contributed by atoms with Crippen LogP contribution in [0.1, 0.15) is 142 Å². The second-order valence-electron chi connectivity index (χ2n) is 8.77. The molecule has 34 heavy (non-hydrogen) atoms. The Morgan fingerprint density at radius 2 is 0.676 bits per heavy atom.